The minimum absolute atomic E-state index is 0.0166. The third-order valence-electron chi connectivity index (χ3n) is 3.88. The van der Waals surface area contributed by atoms with Crippen LogP contribution in [0.3, 0.4) is 0 Å². The highest BCUT2D eigenvalue weighted by Crippen LogP contribution is 2.21. The molecule has 0 atom stereocenters. The van der Waals surface area contributed by atoms with Crippen LogP contribution in [-0.4, -0.2) is 29.0 Å². The Hall–Kier alpha value is -3.12. The van der Waals surface area contributed by atoms with E-state index in [0.29, 0.717) is 23.9 Å². The van der Waals surface area contributed by atoms with Gasteiger partial charge in [0, 0.05) is 23.5 Å². The fraction of sp³-hybridized carbons (Fsp3) is 0.150. The van der Waals surface area contributed by atoms with Gasteiger partial charge in [0.1, 0.15) is 5.82 Å². The second-order valence-corrected chi connectivity index (χ2v) is 6.39. The van der Waals surface area contributed by atoms with Crippen LogP contribution in [0.5, 0.6) is 0 Å². The number of hydrogen-bond donors (Lipinski definition) is 4. The topological polar surface area (TPSA) is 99.7 Å². The number of nitrogens with two attached hydrogens (primary N) is 1. The molecule has 0 radical (unpaired) electrons. The molecule has 0 unspecified atom stereocenters. The number of hydrogen-bond acceptors (Lipinski definition) is 4. The molecule has 6 nitrogen and oxygen atoms in total. The van der Waals surface area contributed by atoms with Gasteiger partial charge in [0.2, 0.25) is 0 Å². The molecule has 0 aliphatic carbocycles. The zero-order chi connectivity index (χ0) is 19.1. The summed E-state index contributed by atoms with van der Waals surface area (Å²) in [6.07, 6.45) is 4.66. The summed E-state index contributed by atoms with van der Waals surface area (Å²) >= 11 is 5.92. The van der Waals surface area contributed by atoms with E-state index in [9.17, 15) is 0 Å². The SMILES string of the molecule is N=C(N)NCCCNc1nc(/C=C/c2ccc(Cl)cc2)nc2ccccc12. The van der Waals surface area contributed by atoms with Crippen LogP contribution in [0, 0.1) is 5.41 Å². The molecule has 0 saturated carbocycles. The van der Waals surface area contributed by atoms with Crippen LogP contribution in [0.2, 0.25) is 5.02 Å². The molecule has 0 fully saturated rings. The number of fused-ring (bicyclic) bond motifs is 1. The fourth-order valence-corrected chi connectivity index (χ4v) is 2.69. The molecule has 0 spiro atoms. The summed E-state index contributed by atoms with van der Waals surface area (Å²) in [6.45, 7) is 1.34. The van der Waals surface area contributed by atoms with Crippen molar-refractivity contribution in [3.8, 4) is 0 Å². The highest BCUT2D eigenvalue weighted by Gasteiger charge is 2.05. The van der Waals surface area contributed by atoms with Crippen molar-refractivity contribution in [2.45, 2.75) is 6.42 Å². The van der Waals surface area contributed by atoms with E-state index in [1.54, 1.807) is 0 Å². The molecule has 2 aromatic carbocycles. The number of nitrogens with zero attached hydrogens (tertiary/aromatic N) is 2. The number of guanidine groups is 1. The van der Waals surface area contributed by atoms with E-state index in [1.165, 1.54) is 0 Å². The third-order valence-corrected chi connectivity index (χ3v) is 4.13. The van der Waals surface area contributed by atoms with Gasteiger partial charge in [0.05, 0.1) is 5.52 Å². The summed E-state index contributed by atoms with van der Waals surface area (Å²) in [5, 5.41) is 15.0. The predicted octanol–water partition coefficient (Wildman–Crippen LogP) is 3.74. The number of halogens is 1. The maximum absolute atomic E-state index is 7.17. The second-order valence-electron chi connectivity index (χ2n) is 5.95. The van der Waals surface area contributed by atoms with Crippen LogP contribution in [0.15, 0.2) is 48.5 Å². The number of para-hydroxylation sites is 1. The molecule has 1 heterocycles. The van der Waals surface area contributed by atoms with Crippen molar-refractivity contribution in [3.63, 3.8) is 0 Å². The summed E-state index contributed by atoms with van der Waals surface area (Å²) in [6, 6.07) is 15.5. The van der Waals surface area contributed by atoms with Crippen LogP contribution in [0.1, 0.15) is 17.8 Å². The highest BCUT2D eigenvalue weighted by molar-refractivity contribution is 6.30. The van der Waals surface area contributed by atoms with Gasteiger partial charge in [-0.25, -0.2) is 9.97 Å². The normalized spacial score (nSPS) is 11.0. The monoisotopic (exact) mass is 380 g/mol. The number of rotatable bonds is 7. The van der Waals surface area contributed by atoms with Crippen LogP contribution < -0.4 is 16.4 Å². The first-order chi connectivity index (χ1) is 13.1. The molecule has 3 aromatic rings. The van der Waals surface area contributed by atoms with Gasteiger partial charge >= 0.3 is 0 Å². The van der Waals surface area contributed by atoms with Crippen molar-refractivity contribution < 1.29 is 0 Å². The van der Waals surface area contributed by atoms with Gasteiger partial charge in [-0.1, -0.05) is 41.9 Å². The standard InChI is InChI=1S/C20H21ClN6/c21-15-9-6-14(7-10-15)8-11-18-26-17-5-2-1-4-16(17)19(27-18)24-12-3-13-25-20(22)23/h1-2,4-11H,3,12-13H2,(H4,22,23,25)(H,24,26,27)/b11-8+. The summed E-state index contributed by atoms with van der Waals surface area (Å²) in [5.74, 6) is 1.41. The van der Waals surface area contributed by atoms with Crippen molar-refractivity contribution in [2.75, 3.05) is 18.4 Å². The lowest BCUT2D eigenvalue weighted by Crippen LogP contribution is -2.31. The Morgan fingerprint density at radius 3 is 2.59 bits per heavy atom. The Morgan fingerprint density at radius 2 is 1.81 bits per heavy atom. The molecule has 27 heavy (non-hydrogen) atoms. The number of anilines is 1. The molecule has 0 saturated heterocycles. The Kier molecular flexibility index (Phi) is 6.22. The maximum Gasteiger partial charge on any atom is 0.185 e. The molecular weight excluding hydrogens is 360 g/mol. The van der Waals surface area contributed by atoms with E-state index in [2.05, 4.69) is 20.6 Å². The van der Waals surface area contributed by atoms with Gasteiger partial charge in [-0.15, -0.1) is 0 Å². The zero-order valence-corrected chi connectivity index (χ0v) is 15.5. The Bertz CT molecular complexity index is 952. The van der Waals surface area contributed by atoms with Crippen molar-refractivity contribution in [1.29, 1.82) is 5.41 Å². The van der Waals surface area contributed by atoms with E-state index in [1.807, 2.05) is 60.7 Å². The van der Waals surface area contributed by atoms with Crippen molar-refractivity contribution in [2.24, 2.45) is 5.73 Å². The molecule has 7 heteroatoms. The third kappa shape index (κ3) is 5.43. The predicted molar refractivity (Wildman–Crippen MR) is 113 cm³/mol. The minimum atomic E-state index is -0.0166. The van der Waals surface area contributed by atoms with Gasteiger partial charge in [0.25, 0.3) is 0 Å². The molecule has 0 amide bonds. The zero-order valence-electron chi connectivity index (χ0n) is 14.7. The quantitative estimate of drug-likeness (QED) is 0.284. The highest BCUT2D eigenvalue weighted by atomic mass is 35.5. The van der Waals surface area contributed by atoms with Crippen molar-refractivity contribution in [1.82, 2.24) is 15.3 Å². The molecule has 0 aliphatic heterocycles. The maximum atomic E-state index is 7.17. The van der Waals surface area contributed by atoms with Crippen molar-refractivity contribution in [3.05, 3.63) is 64.9 Å². The summed E-state index contributed by atoms with van der Waals surface area (Å²) in [4.78, 5) is 9.26. The first-order valence-corrected chi connectivity index (χ1v) is 9.02. The molecule has 0 bridgehead atoms. The molecule has 0 aliphatic rings. The lowest BCUT2D eigenvalue weighted by Gasteiger charge is -2.10. The Balaban J connectivity index is 1.77. The van der Waals surface area contributed by atoms with Gasteiger partial charge in [-0.05, 0) is 42.3 Å². The van der Waals surface area contributed by atoms with Crippen LogP contribution >= 0.6 is 11.6 Å². The van der Waals surface area contributed by atoms with Crippen LogP contribution in [0.4, 0.5) is 5.82 Å². The second kappa shape index (κ2) is 9.00. The van der Waals surface area contributed by atoms with Gasteiger partial charge in [0.15, 0.2) is 11.8 Å². The summed E-state index contributed by atoms with van der Waals surface area (Å²) < 4.78 is 0. The van der Waals surface area contributed by atoms with E-state index in [0.717, 1.165) is 28.7 Å². The lowest BCUT2D eigenvalue weighted by molar-refractivity contribution is 0.795. The van der Waals surface area contributed by atoms with Gasteiger partial charge in [-0.2, -0.15) is 0 Å². The number of nitrogens with one attached hydrogen (secondary N) is 3. The largest absolute Gasteiger partial charge is 0.370 e. The molecule has 1 aromatic heterocycles. The lowest BCUT2D eigenvalue weighted by atomic mass is 10.2. The molecule has 138 valence electrons. The first kappa shape index (κ1) is 18.7. The van der Waals surface area contributed by atoms with E-state index in [-0.39, 0.29) is 5.96 Å². The van der Waals surface area contributed by atoms with E-state index < -0.39 is 0 Å². The first-order valence-electron chi connectivity index (χ1n) is 8.64. The van der Waals surface area contributed by atoms with E-state index in [4.69, 9.17) is 22.7 Å². The molecule has 5 N–H and O–H groups in total. The average molecular weight is 381 g/mol. The van der Waals surface area contributed by atoms with Crippen molar-refractivity contribution >= 4 is 46.4 Å². The Morgan fingerprint density at radius 1 is 1.04 bits per heavy atom. The van der Waals surface area contributed by atoms with Crippen LogP contribution in [-0.2, 0) is 0 Å². The summed E-state index contributed by atoms with van der Waals surface area (Å²) in [7, 11) is 0. The number of benzene rings is 2. The average Bonchev–Trinajstić information content (AvgIpc) is 2.67. The number of aromatic nitrogens is 2. The molecular formula is C20H21ClN6. The van der Waals surface area contributed by atoms with Crippen LogP contribution in [0.25, 0.3) is 23.1 Å². The van der Waals surface area contributed by atoms with Gasteiger partial charge < -0.3 is 16.4 Å². The Labute approximate surface area is 163 Å². The van der Waals surface area contributed by atoms with Gasteiger partial charge in [-0.3, -0.25) is 5.41 Å². The molecule has 3 rings (SSSR count). The minimum Gasteiger partial charge on any atom is -0.370 e. The summed E-state index contributed by atoms with van der Waals surface area (Å²) in [5.41, 5.74) is 7.20. The fourth-order valence-electron chi connectivity index (χ4n) is 2.57. The smallest absolute Gasteiger partial charge is 0.185 e. The van der Waals surface area contributed by atoms with E-state index >= 15 is 0 Å².